The van der Waals surface area contributed by atoms with Crippen LogP contribution in [0.1, 0.15) is 19.8 Å². The second-order valence-electron chi connectivity index (χ2n) is 2.93. The van der Waals surface area contributed by atoms with Crippen molar-refractivity contribution < 1.29 is 14.6 Å². The van der Waals surface area contributed by atoms with Crippen LogP contribution in [0.4, 0.5) is 0 Å². The highest BCUT2D eigenvalue weighted by molar-refractivity contribution is 5.90. The van der Waals surface area contributed by atoms with Crippen molar-refractivity contribution in [3.8, 4) is 0 Å². The molecule has 0 aliphatic heterocycles. The number of carbonyl (C=O) groups excluding carboxylic acids is 1. The summed E-state index contributed by atoms with van der Waals surface area (Å²) >= 11 is 0. The third kappa shape index (κ3) is 6.57. The maximum atomic E-state index is 11.3. The van der Waals surface area contributed by atoms with Gasteiger partial charge in [-0.05, 0) is 19.4 Å². The van der Waals surface area contributed by atoms with Crippen LogP contribution < -0.4 is 0 Å². The predicted molar refractivity (Wildman–Crippen MR) is 56.1 cm³/mol. The normalized spacial score (nSPS) is 13.9. The fourth-order valence-corrected chi connectivity index (χ4v) is 1.01. The molecule has 0 fully saturated rings. The summed E-state index contributed by atoms with van der Waals surface area (Å²) in [6.07, 6.45) is 7.52. The Kier molecular flexibility index (Phi) is 8.08. The van der Waals surface area contributed by atoms with Crippen LogP contribution in [0.25, 0.3) is 0 Å². The maximum Gasteiger partial charge on any atom is 0.158 e. The van der Waals surface area contributed by atoms with Gasteiger partial charge in [0.1, 0.15) is 0 Å². The molecule has 0 radical (unpaired) electrons. The number of ether oxygens (including phenoxy) is 1. The van der Waals surface area contributed by atoms with Crippen LogP contribution in [-0.4, -0.2) is 30.7 Å². The molecule has 0 aromatic heterocycles. The molecule has 0 heterocycles. The van der Waals surface area contributed by atoms with Gasteiger partial charge in [0.05, 0.1) is 6.10 Å². The highest BCUT2D eigenvalue weighted by Gasteiger charge is 2.09. The molecule has 0 saturated carbocycles. The van der Waals surface area contributed by atoms with Gasteiger partial charge in [0, 0.05) is 20.1 Å². The van der Waals surface area contributed by atoms with Gasteiger partial charge < -0.3 is 9.84 Å². The summed E-state index contributed by atoms with van der Waals surface area (Å²) in [5.41, 5.74) is 0. The second-order valence-corrected chi connectivity index (χ2v) is 2.93. The average molecular weight is 198 g/mol. The number of carbonyl (C=O) groups is 1. The van der Waals surface area contributed by atoms with Gasteiger partial charge in [-0.25, -0.2) is 0 Å². The highest BCUT2D eigenvalue weighted by Crippen LogP contribution is 2.03. The van der Waals surface area contributed by atoms with Crippen molar-refractivity contribution in [2.45, 2.75) is 25.9 Å². The summed E-state index contributed by atoms with van der Waals surface area (Å²) in [7, 11) is 1.54. The summed E-state index contributed by atoms with van der Waals surface area (Å²) in [6, 6.07) is 0. The Balaban J connectivity index is 3.89. The van der Waals surface area contributed by atoms with Gasteiger partial charge >= 0.3 is 0 Å². The first-order valence-corrected chi connectivity index (χ1v) is 4.70. The Morgan fingerprint density at radius 3 is 2.71 bits per heavy atom. The molecule has 0 saturated heterocycles. The molecule has 0 aliphatic carbocycles. The molecule has 0 amide bonds. The van der Waals surface area contributed by atoms with Gasteiger partial charge in [-0.3, -0.25) is 4.79 Å². The van der Waals surface area contributed by atoms with Gasteiger partial charge in [-0.15, -0.1) is 0 Å². The van der Waals surface area contributed by atoms with E-state index in [-0.39, 0.29) is 18.5 Å². The number of aliphatic hydroxyl groups excluding tert-OH is 1. The van der Waals surface area contributed by atoms with Crippen LogP contribution in [0.5, 0.6) is 0 Å². The lowest BCUT2D eigenvalue weighted by atomic mass is 10.1. The summed E-state index contributed by atoms with van der Waals surface area (Å²) in [4.78, 5) is 11.3. The largest absolute Gasteiger partial charge is 0.396 e. The molecule has 0 aromatic carbocycles. The van der Waals surface area contributed by atoms with Gasteiger partial charge in [0.2, 0.25) is 0 Å². The van der Waals surface area contributed by atoms with Crippen molar-refractivity contribution in [1.82, 2.24) is 0 Å². The first kappa shape index (κ1) is 13.1. The van der Waals surface area contributed by atoms with E-state index in [2.05, 4.69) is 0 Å². The molecule has 1 atom stereocenters. The quantitative estimate of drug-likeness (QED) is 0.498. The molecule has 1 N–H and O–H groups in total. The summed E-state index contributed by atoms with van der Waals surface area (Å²) in [5, 5.41) is 8.67. The second kappa shape index (κ2) is 8.66. The molecule has 80 valence electrons. The smallest absolute Gasteiger partial charge is 0.158 e. The Labute approximate surface area is 85.1 Å². The minimum absolute atomic E-state index is 0.0170. The van der Waals surface area contributed by atoms with E-state index in [1.165, 1.54) is 6.08 Å². The molecule has 0 bridgehead atoms. The van der Waals surface area contributed by atoms with Crippen LogP contribution in [0.2, 0.25) is 0 Å². The third-order valence-corrected chi connectivity index (χ3v) is 1.80. The first-order valence-electron chi connectivity index (χ1n) is 4.70. The molecule has 0 spiro atoms. The summed E-state index contributed by atoms with van der Waals surface area (Å²) < 4.78 is 5.03. The zero-order valence-electron chi connectivity index (χ0n) is 8.77. The van der Waals surface area contributed by atoms with Crippen molar-refractivity contribution in [2.75, 3.05) is 13.7 Å². The maximum absolute atomic E-state index is 11.3. The zero-order chi connectivity index (χ0) is 10.8. The van der Waals surface area contributed by atoms with Crippen molar-refractivity contribution >= 4 is 5.78 Å². The standard InChI is InChI=1S/C11H18O3/c1-3-4-5-6-10(13)9-11(14-2)7-8-12/h3-6,11-12H,7-9H2,1-2H3. The molecule has 14 heavy (non-hydrogen) atoms. The van der Waals surface area contributed by atoms with Crippen LogP contribution >= 0.6 is 0 Å². The number of methoxy groups -OCH3 is 1. The number of hydrogen-bond donors (Lipinski definition) is 1. The number of aliphatic hydroxyl groups is 1. The first-order chi connectivity index (χ1) is 6.74. The lowest BCUT2D eigenvalue weighted by Gasteiger charge is -2.11. The van der Waals surface area contributed by atoms with E-state index in [4.69, 9.17) is 9.84 Å². The molecule has 1 unspecified atom stereocenters. The highest BCUT2D eigenvalue weighted by atomic mass is 16.5. The van der Waals surface area contributed by atoms with Crippen molar-refractivity contribution in [1.29, 1.82) is 0 Å². The minimum Gasteiger partial charge on any atom is -0.396 e. The van der Waals surface area contributed by atoms with Crippen LogP contribution in [-0.2, 0) is 9.53 Å². The lowest BCUT2D eigenvalue weighted by molar-refractivity contribution is -0.117. The van der Waals surface area contributed by atoms with E-state index in [0.717, 1.165) is 0 Å². The van der Waals surface area contributed by atoms with Crippen molar-refractivity contribution in [3.05, 3.63) is 24.3 Å². The molecule has 3 nitrogen and oxygen atoms in total. The number of allylic oxidation sites excluding steroid dienone is 4. The van der Waals surface area contributed by atoms with Crippen LogP contribution in [0, 0.1) is 0 Å². The van der Waals surface area contributed by atoms with Gasteiger partial charge in [0.25, 0.3) is 0 Å². The lowest BCUT2D eigenvalue weighted by Crippen LogP contribution is -2.16. The van der Waals surface area contributed by atoms with Crippen LogP contribution in [0.15, 0.2) is 24.3 Å². The molecule has 0 aromatic rings. The van der Waals surface area contributed by atoms with E-state index >= 15 is 0 Å². The number of ketones is 1. The molecule has 0 rings (SSSR count). The SMILES string of the molecule is CC=CC=CC(=O)CC(CCO)OC. The fraction of sp³-hybridized carbons (Fsp3) is 0.545. The van der Waals surface area contributed by atoms with Crippen molar-refractivity contribution in [2.24, 2.45) is 0 Å². The third-order valence-electron chi connectivity index (χ3n) is 1.80. The molecule has 3 heteroatoms. The van der Waals surface area contributed by atoms with E-state index in [1.54, 1.807) is 19.3 Å². The Morgan fingerprint density at radius 2 is 2.21 bits per heavy atom. The Hall–Kier alpha value is -0.930. The monoisotopic (exact) mass is 198 g/mol. The number of rotatable bonds is 7. The minimum atomic E-state index is -0.178. The van der Waals surface area contributed by atoms with Gasteiger partial charge in [-0.1, -0.05) is 18.2 Å². The fourth-order valence-electron chi connectivity index (χ4n) is 1.01. The summed E-state index contributed by atoms with van der Waals surface area (Å²) in [5.74, 6) is 0.0170. The molecular formula is C11H18O3. The summed E-state index contributed by atoms with van der Waals surface area (Å²) in [6.45, 7) is 1.93. The molecule has 0 aliphatic rings. The topological polar surface area (TPSA) is 46.5 Å². The zero-order valence-corrected chi connectivity index (χ0v) is 8.77. The number of hydrogen-bond acceptors (Lipinski definition) is 3. The van der Waals surface area contributed by atoms with Gasteiger partial charge in [0.15, 0.2) is 5.78 Å². The van der Waals surface area contributed by atoms with Gasteiger partial charge in [-0.2, -0.15) is 0 Å². The Morgan fingerprint density at radius 1 is 1.50 bits per heavy atom. The Bertz CT molecular complexity index is 207. The average Bonchev–Trinajstić information content (AvgIpc) is 2.17. The van der Waals surface area contributed by atoms with E-state index in [9.17, 15) is 4.79 Å². The van der Waals surface area contributed by atoms with E-state index < -0.39 is 0 Å². The molecular weight excluding hydrogens is 180 g/mol. The predicted octanol–water partition coefficient (Wildman–Crippen LogP) is 1.48. The van der Waals surface area contributed by atoms with Crippen LogP contribution in [0.3, 0.4) is 0 Å². The van der Waals surface area contributed by atoms with E-state index in [1.807, 2.05) is 13.0 Å². The van der Waals surface area contributed by atoms with E-state index in [0.29, 0.717) is 12.8 Å². The van der Waals surface area contributed by atoms with Crippen molar-refractivity contribution in [3.63, 3.8) is 0 Å².